The van der Waals surface area contributed by atoms with Crippen LogP contribution in [-0.2, 0) is 19.1 Å². The number of ether oxygens (including phenoxy) is 2. The molecule has 0 spiro atoms. The Bertz CT molecular complexity index is 669. The average molecular weight is 454 g/mol. The summed E-state index contributed by atoms with van der Waals surface area (Å²) in [6.45, 7) is -2.85. The first-order valence-corrected chi connectivity index (χ1v) is 8.18. The molecule has 0 fully saturated rings. The van der Waals surface area contributed by atoms with Crippen LogP contribution in [0.25, 0.3) is 0 Å². The van der Waals surface area contributed by atoms with Crippen LogP contribution in [-0.4, -0.2) is 74.3 Å². The van der Waals surface area contributed by atoms with Gasteiger partial charge in [0.05, 0.1) is 5.29 Å². The van der Waals surface area contributed by atoms with Crippen molar-refractivity contribution < 1.29 is 38.8 Å². The molecular weight excluding hydrogens is 436 g/mol. The van der Waals surface area contributed by atoms with E-state index in [2.05, 4.69) is 14.8 Å². The Balaban J connectivity index is 5.95. The van der Waals surface area contributed by atoms with Gasteiger partial charge in [-0.25, -0.2) is 5.01 Å². The Morgan fingerprint density at radius 2 is 1.06 bits per heavy atom. The van der Waals surface area contributed by atoms with E-state index in [1.165, 1.54) is 0 Å². The summed E-state index contributed by atoms with van der Waals surface area (Å²) in [5.74, 6) is -1.84. The second kappa shape index (κ2) is 11.2. The second-order valence-corrected chi connectivity index (χ2v) is 6.08. The van der Waals surface area contributed by atoms with Gasteiger partial charge >= 0.3 is 23.3 Å². The van der Waals surface area contributed by atoms with E-state index in [0.717, 1.165) is 13.8 Å². The van der Waals surface area contributed by atoms with Crippen molar-refractivity contribution >= 4 is 11.9 Å². The molecule has 0 amide bonds. The predicted molar refractivity (Wildman–Crippen MR) is 93.3 cm³/mol. The minimum atomic E-state index is -3.24. The van der Waals surface area contributed by atoms with Crippen LogP contribution in [0.3, 0.4) is 0 Å². The molecule has 0 aliphatic rings. The van der Waals surface area contributed by atoms with Crippen LogP contribution >= 0.6 is 0 Å². The van der Waals surface area contributed by atoms with Gasteiger partial charge in [0.25, 0.3) is 0 Å². The minimum absolute atomic E-state index is 0.112. The molecule has 0 aliphatic carbocycles. The summed E-state index contributed by atoms with van der Waals surface area (Å²) in [5.41, 5.74) is -6.48. The van der Waals surface area contributed by atoms with Crippen LogP contribution in [0.15, 0.2) is 5.29 Å². The summed E-state index contributed by atoms with van der Waals surface area (Å²) < 4.78 is 8.85. The first-order valence-electron chi connectivity index (χ1n) is 8.18. The Kier molecular flexibility index (Phi) is 9.74. The Labute approximate surface area is 171 Å². The molecule has 0 unspecified atom stereocenters. The van der Waals surface area contributed by atoms with Crippen molar-refractivity contribution in [1.82, 2.24) is 5.01 Å². The fraction of sp³-hybridized carbons (Fsp3) is 0.833. The van der Waals surface area contributed by atoms with E-state index in [0.29, 0.717) is 0 Å². The van der Waals surface area contributed by atoms with Gasteiger partial charge in [-0.1, -0.05) is 0 Å². The maximum atomic E-state index is 11.4. The lowest BCUT2D eigenvalue weighted by Crippen LogP contribution is -2.59. The summed E-state index contributed by atoms with van der Waals surface area (Å²) >= 11 is 0. The van der Waals surface area contributed by atoms with E-state index in [-0.39, 0.29) is 5.01 Å². The summed E-state index contributed by atoms with van der Waals surface area (Å²) in [4.78, 5) is 72.6. The lowest BCUT2D eigenvalue weighted by Gasteiger charge is -2.25. The van der Waals surface area contributed by atoms with Gasteiger partial charge < -0.3 is 9.47 Å². The third-order valence-corrected chi connectivity index (χ3v) is 3.96. The number of esters is 2. The molecule has 0 saturated carbocycles. The van der Waals surface area contributed by atoms with E-state index in [1.54, 1.807) is 0 Å². The third kappa shape index (κ3) is 7.04. The van der Waals surface area contributed by atoms with E-state index < -0.39 is 82.1 Å². The van der Waals surface area contributed by atoms with Gasteiger partial charge in [0.1, 0.15) is 45.7 Å². The number of nitroso groups, excluding NO2 is 1. The van der Waals surface area contributed by atoms with E-state index in [4.69, 9.17) is 0 Å². The molecule has 0 N–H and O–H groups in total. The number of nitro groups is 4. The molecule has 0 aliphatic heterocycles. The van der Waals surface area contributed by atoms with Crippen molar-refractivity contribution in [2.45, 2.75) is 38.0 Å². The molecule has 174 valence electrons. The first kappa shape index (κ1) is 26.9. The Hall–Kier alpha value is -4.06. The molecule has 0 atom stereocenters. The van der Waals surface area contributed by atoms with Gasteiger partial charge in [-0.15, -0.1) is 4.91 Å². The number of nitrogens with zero attached hydrogens (tertiary/aromatic N) is 6. The molecular formula is C12H18N6O13. The van der Waals surface area contributed by atoms with Crippen molar-refractivity contribution in [3.05, 3.63) is 45.4 Å². The molecule has 19 heteroatoms. The van der Waals surface area contributed by atoms with Crippen LogP contribution < -0.4 is 0 Å². The monoisotopic (exact) mass is 454 g/mol. The molecule has 0 rings (SSSR count). The van der Waals surface area contributed by atoms with Crippen LogP contribution in [0.2, 0.25) is 0 Å². The maximum Gasteiger partial charge on any atom is 0.480 e. The van der Waals surface area contributed by atoms with Crippen LogP contribution in [0.5, 0.6) is 0 Å². The molecule has 31 heavy (non-hydrogen) atoms. The lowest BCUT2D eigenvalue weighted by molar-refractivity contribution is -0.804. The van der Waals surface area contributed by atoms with Gasteiger partial charge in [-0.3, -0.25) is 50.0 Å². The molecule has 0 aromatic rings. The first-order chi connectivity index (χ1) is 14.2. The highest BCUT2D eigenvalue weighted by Crippen LogP contribution is 2.24. The zero-order chi connectivity index (χ0) is 24.4. The van der Waals surface area contributed by atoms with Crippen LogP contribution in [0, 0.1) is 45.4 Å². The van der Waals surface area contributed by atoms with Crippen LogP contribution in [0.1, 0.15) is 26.7 Å². The maximum absolute atomic E-state index is 11.4. The smallest absolute Gasteiger partial charge is 0.465 e. The van der Waals surface area contributed by atoms with Crippen LogP contribution in [0.4, 0.5) is 0 Å². The highest BCUT2D eigenvalue weighted by Gasteiger charge is 2.62. The second-order valence-electron chi connectivity index (χ2n) is 6.08. The third-order valence-electron chi connectivity index (χ3n) is 3.96. The number of hydrogen-bond donors (Lipinski definition) is 0. The van der Waals surface area contributed by atoms with Crippen molar-refractivity contribution in [2.75, 3.05) is 26.3 Å². The van der Waals surface area contributed by atoms with Gasteiger partial charge in [-0.05, 0) is 0 Å². The SMILES string of the molecule is CC(=O)OCCC(CN(CC(CCOC(C)=O)([N+](=O)[O-])[N+](=O)[O-])N=O)([N+](=O)[O-])[N+](=O)[O-]. The number of rotatable bonds is 15. The van der Waals surface area contributed by atoms with Crippen molar-refractivity contribution in [1.29, 1.82) is 0 Å². The van der Waals surface area contributed by atoms with E-state index >= 15 is 0 Å². The van der Waals surface area contributed by atoms with Gasteiger partial charge in [0, 0.05) is 13.8 Å². The fourth-order valence-electron chi connectivity index (χ4n) is 2.30. The minimum Gasteiger partial charge on any atom is -0.465 e. The largest absolute Gasteiger partial charge is 0.480 e. The zero-order valence-corrected chi connectivity index (χ0v) is 16.2. The molecule has 0 heterocycles. The topological polar surface area (TPSA) is 258 Å². The summed E-state index contributed by atoms with van der Waals surface area (Å²) in [6, 6.07) is 0. The highest BCUT2D eigenvalue weighted by molar-refractivity contribution is 5.66. The molecule has 0 radical (unpaired) electrons. The Morgan fingerprint density at radius 1 is 0.774 bits per heavy atom. The molecule has 0 aromatic heterocycles. The summed E-state index contributed by atoms with van der Waals surface area (Å²) in [6.07, 6.45) is -2.15. The van der Waals surface area contributed by atoms with Gasteiger partial charge in [0.2, 0.25) is 0 Å². The Morgan fingerprint density at radius 3 is 1.26 bits per heavy atom. The standard InChI is InChI=1S/C12H18N6O13/c1-9(19)30-5-3-11(15(22)23,16(24)25)7-14(13-21)8-12(17(26)27,18(28)29)4-6-31-10(2)20/h3-8H2,1-2H3. The number of carbonyl (C=O) groups excluding carboxylic acids is 2. The molecule has 0 bridgehead atoms. The molecule has 19 nitrogen and oxygen atoms in total. The van der Waals surface area contributed by atoms with Crippen molar-refractivity contribution in [2.24, 2.45) is 5.29 Å². The molecule has 0 saturated heterocycles. The zero-order valence-electron chi connectivity index (χ0n) is 16.2. The van der Waals surface area contributed by atoms with Crippen molar-refractivity contribution in [3.63, 3.8) is 0 Å². The normalized spacial score (nSPS) is 11.2. The van der Waals surface area contributed by atoms with E-state index in [1.807, 2.05) is 0 Å². The molecule has 0 aromatic carbocycles. The average Bonchev–Trinajstić information content (AvgIpc) is 2.63. The predicted octanol–water partition coefficient (Wildman–Crippen LogP) is -0.624. The van der Waals surface area contributed by atoms with Gasteiger partial charge in [0.15, 0.2) is 13.1 Å². The van der Waals surface area contributed by atoms with E-state index in [9.17, 15) is 55.0 Å². The van der Waals surface area contributed by atoms with Crippen molar-refractivity contribution in [3.8, 4) is 0 Å². The summed E-state index contributed by atoms with van der Waals surface area (Å²) in [5, 5.41) is 47.7. The highest BCUT2D eigenvalue weighted by atomic mass is 16.7. The number of hydrogen-bond acceptors (Lipinski definition) is 14. The number of carbonyl (C=O) groups is 2. The fourth-order valence-corrected chi connectivity index (χ4v) is 2.30. The van der Waals surface area contributed by atoms with Gasteiger partial charge in [-0.2, -0.15) is 0 Å². The quantitative estimate of drug-likeness (QED) is 0.0981. The lowest BCUT2D eigenvalue weighted by atomic mass is 10.1. The summed E-state index contributed by atoms with van der Waals surface area (Å²) in [7, 11) is 0.